The summed E-state index contributed by atoms with van der Waals surface area (Å²) < 4.78 is 2.38. The van der Waals surface area contributed by atoms with Gasteiger partial charge in [0.25, 0.3) is 0 Å². The van der Waals surface area contributed by atoms with Crippen LogP contribution in [0.25, 0.3) is 94.3 Å². The summed E-state index contributed by atoms with van der Waals surface area (Å²) in [5.74, 6) is 0.701. The summed E-state index contributed by atoms with van der Waals surface area (Å²) in [5, 5.41) is 5.85. The van der Waals surface area contributed by atoms with E-state index in [0.29, 0.717) is 5.82 Å². The highest BCUT2D eigenvalue weighted by Gasteiger charge is 2.21. The van der Waals surface area contributed by atoms with Crippen LogP contribution in [0.5, 0.6) is 0 Å². The van der Waals surface area contributed by atoms with Crippen molar-refractivity contribution in [2.24, 2.45) is 0 Å². The maximum absolute atomic E-state index is 5.33. The zero-order valence-electron chi connectivity index (χ0n) is 27.6. The Balaban J connectivity index is 1.30. The summed E-state index contributed by atoms with van der Waals surface area (Å²) in [4.78, 5) is 15.5. The maximum atomic E-state index is 5.33. The van der Waals surface area contributed by atoms with Crippen LogP contribution in [-0.2, 0) is 0 Å². The standard InChI is InChI=1S/C47H30N4/c1-5-15-31(16-6-1)40-30-41(50-47(49-40)33-19-9-3-10-20-33)34-25-26-38-43(29-34)51(35-21-11-4-12-22-35)42-28-27-37-36-23-13-14-24-39(36)48-46(45(37)44(38)42)32-17-7-2-8-18-32/h1-30H. The van der Waals surface area contributed by atoms with E-state index in [9.17, 15) is 0 Å². The van der Waals surface area contributed by atoms with Crippen LogP contribution < -0.4 is 0 Å². The first-order chi connectivity index (χ1) is 25.3. The third-order valence-corrected chi connectivity index (χ3v) is 9.78. The van der Waals surface area contributed by atoms with Gasteiger partial charge in [0.2, 0.25) is 0 Å². The van der Waals surface area contributed by atoms with E-state index in [1.807, 2.05) is 24.3 Å². The van der Waals surface area contributed by atoms with Crippen LogP contribution in [0.4, 0.5) is 0 Å². The fourth-order valence-corrected chi connectivity index (χ4v) is 7.44. The zero-order valence-corrected chi connectivity index (χ0v) is 27.6. The van der Waals surface area contributed by atoms with Crippen LogP contribution in [0.2, 0.25) is 0 Å². The molecule has 0 saturated heterocycles. The molecule has 0 aliphatic carbocycles. The molecule has 0 aliphatic rings. The molecule has 238 valence electrons. The first-order valence-corrected chi connectivity index (χ1v) is 17.2. The minimum atomic E-state index is 0.701. The molecule has 0 radical (unpaired) electrons. The Labute approximate surface area is 295 Å². The van der Waals surface area contributed by atoms with Crippen LogP contribution >= 0.6 is 0 Å². The van der Waals surface area contributed by atoms with Crippen molar-refractivity contribution in [3.05, 3.63) is 182 Å². The predicted octanol–water partition coefficient (Wildman–Crippen LogP) is 11.9. The Morgan fingerprint density at radius 3 is 1.67 bits per heavy atom. The summed E-state index contributed by atoms with van der Waals surface area (Å²) in [6.07, 6.45) is 0. The molecule has 0 fully saturated rings. The average molecular weight is 651 g/mol. The average Bonchev–Trinajstić information content (AvgIpc) is 3.55. The highest BCUT2D eigenvalue weighted by Crippen LogP contribution is 2.43. The molecule has 4 nitrogen and oxygen atoms in total. The SMILES string of the molecule is c1ccc(-c2cc(-c3ccc4c5c6c(-c7ccccc7)nc7ccccc7c6ccc5n(-c5ccccc5)c4c3)nc(-c3ccccc3)n2)cc1. The Kier molecular flexibility index (Phi) is 6.78. The number of rotatable bonds is 5. The van der Waals surface area contributed by atoms with Crippen molar-refractivity contribution >= 4 is 43.5 Å². The van der Waals surface area contributed by atoms with Gasteiger partial charge >= 0.3 is 0 Å². The van der Waals surface area contributed by atoms with Gasteiger partial charge < -0.3 is 4.57 Å². The second kappa shape index (κ2) is 11.9. The molecule has 0 spiro atoms. The smallest absolute Gasteiger partial charge is 0.160 e. The fraction of sp³-hybridized carbons (Fsp3) is 0. The van der Waals surface area contributed by atoms with Gasteiger partial charge in [0.05, 0.1) is 33.6 Å². The van der Waals surface area contributed by atoms with Gasteiger partial charge in [-0.3, -0.25) is 0 Å². The number of benzene rings is 7. The van der Waals surface area contributed by atoms with Crippen LogP contribution in [0.15, 0.2) is 182 Å². The molecule has 10 aromatic rings. The third-order valence-electron chi connectivity index (χ3n) is 9.78. The molecule has 7 aromatic carbocycles. The van der Waals surface area contributed by atoms with Crippen molar-refractivity contribution < 1.29 is 0 Å². The summed E-state index contributed by atoms with van der Waals surface area (Å²) in [7, 11) is 0. The molecule has 0 aliphatic heterocycles. The molecule has 51 heavy (non-hydrogen) atoms. The van der Waals surface area contributed by atoms with E-state index in [1.165, 1.54) is 10.8 Å². The lowest BCUT2D eigenvalue weighted by molar-refractivity contribution is 1.17. The Bertz CT molecular complexity index is 2820. The third kappa shape index (κ3) is 4.88. The number of fused-ring (bicyclic) bond motifs is 7. The van der Waals surface area contributed by atoms with Crippen molar-refractivity contribution in [1.29, 1.82) is 0 Å². The number of para-hydroxylation sites is 2. The lowest BCUT2D eigenvalue weighted by Crippen LogP contribution is -1.97. The number of pyridine rings is 1. The lowest BCUT2D eigenvalue weighted by Gasteiger charge is -2.12. The molecule has 0 unspecified atom stereocenters. The second-order valence-electron chi connectivity index (χ2n) is 12.8. The fourth-order valence-electron chi connectivity index (χ4n) is 7.44. The number of hydrogen-bond acceptors (Lipinski definition) is 3. The summed E-state index contributed by atoms with van der Waals surface area (Å²) in [6, 6.07) is 63.6. The van der Waals surface area contributed by atoms with Gasteiger partial charge in [-0.25, -0.2) is 15.0 Å². The van der Waals surface area contributed by atoms with E-state index in [1.54, 1.807) is 0 Å². The second-order valence-corrected chi connectivity index (χ2v) is 12.8. The quantitative estimate of drug-likeness (QED) is 0.174. The van der Waals surface area contributed by atoms with Crippen LogP contribution in [0, 0.1) is 0 Å². The van der Waals surface area contributed by atoms with Crippen molar-refractivity contribution in [1.82, 2.24) is 19.5 Å². The molecular formula is C47H30N4. The molecule has 0 N–H and O–H groups in total. The summed E-state index contributed by atoms with van der Waals surface area (Å²) in [5.41, 5.74) is 11.2. The van der Waals surface area contributed by atoms with E-state index < -0.39 is 0 Å². The van der Waals surface area contributed by atoms with E-state index in [0.717, 1.165) is 77.7 Å². The molecule has 0 saturated carbocycles. The molecular weight excluding hydrogens is 621 g/mol. The van der Waals surface area contributed by atoms with Gasteiger partial charge in [-0.05, 0) is 41.8 Å². The molecule has 10 rings (SSSR count). The number of aromatic nitrogens is 4. The van der Waals surface area contributed by atoms with Crippen molar-refractivity contribution in [2.45, 2.75) is 0 Å². The topological polar surface area (TPSA) is 43.6 Å². The molecule has 0 atom stereocenters. The Morgan fingerprint density at radius 1 is 0.353 bits per heavy atom. The predicted molar refractivity (Wildman–Crippen MR) is 211 cm³/mol. The van der Waals surface area contributed by atoms with Gasteiger partial charge in [0.15, 0.2) is 5.82 Å². The molecule has 0 bridgehead atoms. The van der Waals surface area contributed by atoms with Gasteiger partial charge in [0, 0.05) is 49.5 Å². The van der Waals surface area contributed by atoms with Gasteiger partial charge in [-0.15, -0.1) is 0 Å². The highest BCUT2D eigenvalue weighted by atomic mass is 15.0. The molecule has 4 heteroatoms. The Hall–Kier alpha value is -6.91. The van der Waals surface area contributed by atoms with Gasteiger partial charge in [-0.1, -0.05) is 146 Å². The highest BCUT2D eigenvalue weighted by molar-refractivity contribution is 6.28. The van der Waals surface area contributed by atoms with Gasteiger partial charge in [-0.2, -0.15) is 0 Å². The lowest BCUT2D eigenvalue weighted by atomic mass is 9.95. The van der Waals surface area contributed by atoms with E-state index >= 15 is 0 Å². The summed E-state index contributed by atoms with van der Waals surface area (Å²) in [6.45, 7) is 0. The van der Waals surface area contributed by atoms with Crippen molar-refractivity contribution in [3.8, 4) is 50.8 Å². The Morgan fingerprint density at radius 2 is 0.941 bits per heavy atom. The van der Waals surface area contributed by atoms with E-state index in [-0.39, 0.29) is 0 Å². The van der Waals surface area contributed by atoms with Crippen molar-refractivity contribution in [2.75, 3.05) is 0 Å². The molecule has 3 heterocycles. The van der Waals surface area contributed by atoms with Crippen LogP contribution in [0.3, 0.4) is 0 Å². The monoisotopic (exact) mass is 650 g/mol. The first-order valence-electron chi connectivity index (χ1n) is 17.2. The number of nitrogens with zero attached hydrogens (tertiary/aromatic N) is 4. The van der Waals surface area contributed by atoms with Gasteiger partial charge in [0.1, 0.15) is 0 Å². The zero-order chi connectivity index (χ0) is 33.7. The van der Waals surface area contributed by atoms with E-state index in [4.69, 9.17) is 15.0 Å². The van der Waals surface area contributed by atoms with Crippen LogP contribution in [0.1, 0.15) is 0 Å². The number of hydrogen-bond donors (Lipinski definition) is 0. The largest absolute Gasteiger partial charge is 0.309 e. The minimum absolute atomic E-state index is 0.701. The van der Waals surface area contributed by atoms with E-state index in [2.05, 4.69) is 162 Å². The normalized spacial score (nSPS) is 11.5. The van der Waals surface area contributed by atoms with Crippen molar-refractivity contribution in [3.63, 3.8) is 0 Å². The minimum Gasteiger partial charge on any atom is -0.309 e. The first kappa shape index (κ1) is 29.0. The maximum Gasteiger partial charge on any atom is 0.160 e. The van der Waals surface area contributed by atoms with Crippen LogP contribution in [-0.4, -0.2) is 19.5 Å². The summed E-state index contributed by atoms with van der Waals surface area (Å²) >= 11 is 0. The molecule has 0 amide bonds. The molecule has 3 aromatic heterocycles.